The third-order valence-electron chi connectivity index (χ3n) is 2.58. The van der Waals surface area contributed by atoms with Gasteiger partial charge in [0.05, 0.1) is 0 Å². The molecule has 18 heavy (non-hydrogen) atoms. The predicted molar refractivity (Wildman–Crippen MR) is 81.5 cm³/mol. The highest BCUT2D eigenvalue weighted by Gasteiger charge is 2.08. The molecule has 4 heteroatoms. The van der Waals surface area contributed by atoms with Crippen LogP contribution in [0.5, 0.6) is 0 Å². The first-order valence-corrected chi connectivity index (χ1v) is 6.52. The molecule has 0 radical (unpaired) electrons. The van der Waals surface area contributed by atoms with Crippen LogP contribution in [-0.4, -0.2) is 14.2 Å². The van der Waals surface area contributed by atoms with Crippen LogP contribution in [0, 0.1) is 0 Å². The molecule has 1 aromatic carbocycles. The largest absolute Gasteiger partial charge is 0.349 e. The maximum absolute atomic E-state index is 5.18. The Morgan fingerprint density at radius 2 is 1.72 bits per heavy atom. The number of hydrogen-bond donors (Lipinski definition) is 1. The summed E-state index contributed by atoms with van der Waals surface area (Å²) >= 11 is 9.48. The van der Waals surface area contributed by atoms with Gasteiger partial charge in [-0.1, -0.05) is 48.6 Å². The summed E-state index contributed by atoms with van der Waals surface area (Å²) in [7, 11) is 0. The molecule has 92 valence electrons. The van der Waals surface area contributed by atoms with Gasteiger partial charge in [0, 0.05) is 25.5 Å². The molecule has 0 saturated carbocycles. The van der Waals surface area contributed by atoms with Crippen molar-refractivity contribution in [2.75, 3.05) is 0 Å². The molecule has 0 saturated heterocycles. The van der Waals surface area contributed by atoms with E-state index in [0.717, 1.165) is 18.7 Å². The summed E-state index contributed by atoms with van der Waals surface area (Å²) in [4.78, 5) is 6.16. The van der Waals surface area contributed by atoms with Gasteiger partial charge in [0.15, 0.2) is 0 Å². The maximum Gasteiger partial charge on any atom is 0.133 e. The lowest BCUT2D eigenvalue weighted by Gasteiger charge is -2.22. The number of thiol groups is 1. The van der Waals surface area contributed by atoms with Gasteiger partial charge in [-0.05, 0) is 17.2 Å². The fourth-order valence-corrected chi connectivity index (χ4v) is 1.98. The summed E-state index contributed by atoms with van der Waals surface area (Å²) in [6.07, 6.45) is 3.62. The minimum atomic E-state index is 0.600. The fraction of sp³-hybridized carbons (Fsp3) is 0.143. The van der Waals surface area contributed by atoms with Crippen LogP contribution >= 0.6 is 24.8 Å². The second-order valence-corrected chi connectivity index (χ2v) is 5.10. The lowest BCUT2D eigenvalue weighted by molar-refractivity contribution is 0.421. The van der Waals surface area contributed by atoms with E-state index in [0.29, 0.717) is 4.32 Å². The van der Waals surface area contributed by atoms with Crippen LogP contribution in [-0.2, 0) is 13.1 Å². The molecule has 0 aliphatic rings. The molecule has 0 amide bonds. The van der Waals surface area contributed by atoms with Crippen LogP contribution in [0.15, 0.2) is 54.9 Å². The zero-order chi connectivity index (χ0) is 12.8. The predicted octanol–water partition coefficient (Wildman–Crippen LogP) is 3.30. The van der Waals surface area contributed by atoms with E-state index in [1.807, 2.05) is 41.4 Å². The summed E-state index contributed by atoms with van der Waals surface area (Å²) in [6.45, 7) is 1.49. The van der Waals surface area contributed by atoms with Crippen molar-refractivity contribution in [3.05, 3.63) is 66.0 Å². The van der Waals surface area contributed by atoms with Crippen molar-refractivity contribution in [2.45, 2.75) is 13.1 Å². The van der Waals surface area contributed by atoms with E-state index in [9.17, 15) is 0 Å². The maximum atomic E-state index is 5.18. The Balaban J connectivity index is 2.08. The highest BCUT2D eigenvalue weighted by molar-refractivity contribution is 8.10. The van der Waals surface area contributed by atoms with Gasteiger partial charge in [0.2, 0.25) is 0 Å². The number of benzene rings is 1. The van der Waals surface area contributed by atoms with Crippen molar-refractivity contribution >= 4 is 29.2 Å². The Kier molecular flexibility index (Phi) is 4.73. The number of thiocarbonyl (C=S) groups is 1. The van der Waals surface area contributed by atoms with Gasteiger partial charge in [0.1, 0.15) is 4.32 Å². The zero-order valence-electron chi connectivity index (χ0n) is 9.86. The minimum Gasteiger partial charge on any atom is -0.349 e. The topological polar surface area (TPSA) is 16.1 Å². The molecule has 0 aliphatic carbocycles. The van der Waals surface area contributed by atoms with Crippen molar-refractivity contribution in [2.24, 2.45) is 0 Å². The van der Waals surface area contributed by atoms with Crippen molar-refractivity contribution < 1.29 is 0 Å². The van der Waals surface area contributed by atoms with Gasteiger partial charge >= 0.3 is 0 Å². The number of hydrogen-bond acceptors (Lipinski definition) is 2. The minimum absolute atomic E-state index is 0.600. The summed E-state index contributed by atoms with van der Waals surface area (Å²) in [5.41, 5.74) is 2.35. The Hall–Kier alpha value is -1.39. The Morgan fingerprint density at radius 3 is 2.33 bits per heavy atom. The van der Waals surface area contributed by atoms with E-state index in [4.69, 9.17) is 12.2 Å². The Labute approximate surface area is 118 Å². The highest BCUT2D eigenvalue weighted by atomic mass is 32.1. The van der Waals surface area contributed by atoms with E-state index >= 15 is 0 Å². The van der Waals surface area contributed by atoms with E-state index in [2.05, 4.69) is 29.7 Å². The molecular formula is C14H14N2S2. The molecule has 2 aromatic rings. The Bertz CT molecular complexity index is 458. The van der Waals surface area contributed by atoms with E-state index < -0.39 is 0 Å². The van der Waals surface area contributed by atoms with E-state index in [-0.39, 0.29) is 0 Å². The molecule has 0 fully saturated rings. The van der Waals surface area contributed by atoms with Crippen LogP contribution in [0.2, 0.25) is 0 Å². The molecule has 0 atom stereocenters. The Morgan fingerprint density at radius 1 is 1.06 bits per heavy atom. The van der Waals surface area contributed by atoms with Crippen LogP contribution in [0.4, 0.5) is 0 Å². The van der Waals surface area contributed by atoms with Crippen LogP contribution in [0.1, 0.15) is 11.1 Å². The van der Waals surface area contributed by atoms with Crippen molar-refractivity contribution in [3.63, 3.8) is 0 Å². The SMILES string of the molecule is S=C(S)N(Cc1ccccc1)Cc1cccnc1. The zero-order valence-corrected chi connectivity index (χ0v) is 11.6. The lowest BCUT2D eigenvalue weighted by atomic mass is 10.2. The second-order valence-electron chi connectivity index (χ2n) is 3.99. The van der Waals surface area contributed by atoms with Crippen molar-refractivity contribution in [3.8, 4) is 0 Å². The third kappa shape index (κ3) is 3.82. The van der Waals surface area contributed by atoms with Crippen LogP contribution in [0.25, 0.3) is 0 Å². The van der Waals surface area contributed by atoms with Gasteiger partial charge in [-0.25, -0.2) is 0 Å². The average molecular weight is 274 g/mol. The third-order valence-corrected chi connectivity index (χ3v) is 3.12. The molecule has 0 spiro atoms. The lowest BCUT2D eigenvalue weighted by Crippen LogP contribution is -2.25. The van der Waals surface area contributed by atoms with Gasteiger partial charge in [-0.15, -0.1) is 12.6 Å². The van der Waals surface area contributed by atoms with Crippen molar-refractivity contribution in [1.29, 1.82) is 0 Å². The molecule has 0 bridgehead atoms. The normalized spacial score (nSPS) is 10.1. The van der Waals surface area contributed by atoms with Crippen LogP contribution in [0.3, 0.4) is 0 Å². The highest BCUT2D eigenvalue weighted by Crippen LogP contribution is 2.11. The number of nitrogens with zero attached hydrogens (tertiary/aromatic N) is 2. The van der Waals surface area contributed by atoms with E-state index in [1.165, 1.54) is 5.56 Å². The molecule has 1 aromatic heterocycles. The van der Waals surface area contributed by atoms with Crippen molar-refractivity contribution in [1.82, 2.24) is 9.88 Å². The van der Waals surface area contributed by atoms with E-state index in [1.54, 1.807) is 6.20 Å². The molecule has 2 nitrogen and oxygen atoms in total. The fourth-order valence-electron chi connectivity index (χ4n) is 1.71. The van der Waals surface area contributed by atoms with Gasteiger partial charge in [-0.3, -0.25) is 4.98 Å². The smallest absolute Gasteiger partial charge is 0.133 e. The molecule has 0 aliphatic heterocycles. The average Bonchev–Trinajstić information content (AvgIpc) is 2.40. The molecule has 1 heterocycles. The first kappa shape index (κ1) is 13.1. The summed E-state index contributed by atoms with van der Waals surface area (Å²) in [5.74, 6) is 0. The molecular weight excluding hydrogens is 260 g/mol. The monoisotopic (exact) mass is 274 g/mol. The van der Waals surface area contributed by atoms with Gasteiger partial charge < -0.3 is 4.90 Å². The summed E-state index contributed by atoms with van der Waals surface area (Å²) in [6, 6.07) is 14.2. The molecule has 0 unspecified atom stereocenters. The van der Waals surface area contributed by atoms with Crippen LogP contribution < -0.4 is 0 Å². The quantitative estimate of drug-likeness (QED) is 0.680. The van der Waals surface area contributed by atoms with Gasteiger partial charge in [0.25, 0.3) is 0 Å². The number of aromatic nitrogens is 1. The summed E-state index contributed by atoms with van der Waals surface area (Å²) < 4.78 is 0.600. The first-order valence-electron chi connectivity index (χ1n) is 5.66. The summed E-state index contributed by atoms with van der Waals surface area (Å²) in [5, 5.41) is 0. The first-order chi connectivity index (χ1) is 8.75. The molecule has 0 N–H and O–H groups in total. The number of pyridine rings is 1. The van der Waals surface area contributed by atoms with Gasteiger partial charge in [-0.2, -0.15) is 0 Å². The molecule has 2 rings (SSSR count). The number of rotatable bonds is 4. The second kappa shape index (κ2) is 6.52. The standard InChI is InChI=1S/C14H14N2S2/c17-14(18)16(10-12-5-2-1-3-6-12)11-13-7-4-8-15-9-13/h1-9H,10-11H2,(H,17,18).